The highest BCUT2D eigenvalue weighted by molar-refractivity contribution is 5.93. The van der Waals surface area contributed by atoms with Crippen LogP contribution in [-0.2, 0) is 4.79 Å². The predicted octanol–water partition coefficient (Wildman–Crippen LogP) is 4.66. The summed E-state index contributed by atoms with van der Waals surface area (Å²) in [5.41, 5.74) is 4.82. The Labute approximate surface area is 218 Å². The van der Waals surface area contributed by atoms with E-state index in [9.17, 15) is 4.79 Å². The second-order valence-corrected chi connectivity index (χ2v) is 9.49. The maximum absolute atomic E-state index is 13.2. The van der Waals surface area contributed by atoms with Gasteiger partial charge in [-0.1, -0.05) is 78.9 Å². The van der Waals surface area contributed by atoms with Crippen LogP contribution in [0.15, 0.2) is 103 Å². The molecule has 1 atom stereocenters. The molecule has 2 heterocycles. The van der Waals surface area contributed by atoms with Gasteiger partial charge < -0.3 is 10.2 Å². The Morgan fingerprint density at radius 2 is 1.51 bits per heavy atom. The van der Waals surface area contributed by atoms with E-state index >= 15 is 0 Å². The van der Waals surface area contributed by atoms with Crippen LogP contribution in [0, 0.1) is 0 Å². The molecule has 3 aromatic carbocycles. The molecule has 5 rings (SSSR count). The van der Waals surface area contributed by atoms with Crippen molar-refractivity contribution in [3.8, 4) is 16.9 Å². The molecule has 6 heteroatoms. The van der Waals surface area contributed by atoms with Crippen molar-refractivity contribution in [3.63, 3.8) is 0 Å². The van der Waals surface area contributed by atoms with E-state index in [0.29, 0.717) is 0 Å². The number of nitrogens with zero attached hydrogens (tertiary/aromatic N) is 4. The van der Waals surface area contributed by atoms with Crippen molar-refractivity contribution in [2.45, 2.75) is 6.04 Å². The summed E-state index contributed by atoms with van der Waals surface area (Å²) in [5.74, 6) is -0.116. The number of likely N-dealkylation sites (N-methyl/N-ethyl adjacent to an activating group) is 1. The van der Waals surface area contributed by atoms with Gasteiger partial charge in [-0.3, -0.25) is 9.69 Å². The quantitative estimate of drug-likeness (QED) is 0.365. The summed E-state index contributed by atoms with van der Waals surface area (Å²) < 4.78 is 1.86. The van der Waals surface area contributed by atoms with Crippen LogP contribution >= 0.6 is 0 Å². The standard InChI is InChI=1S/C31H33N5O/c1-34-19-21-35(22-20-34)24-29(25-11-5-2-6-12-25)32-30(37)18-17-27-23-36(28-15-9-4-10-16-28)33-31(27)26-13-7-3-8-14-26/h2-18,23,29H,19-22,24H2,1H3,(H,32,37)/b18-17+. The summed E-state index contributed by atoms with van der Waals surface area (Å²) >= 11 is 0. The number of rotatable bonds is 8. The third-order valence-electron chi connectivity index (χ3n) is 6.78. The first-order valence-electron chi connectivity index (χ1n) is 12.8. The summed E-state index contributed by atoms with van der Waals surface area (Å²) in [6, 6.07) is 30.2. The zero-order chi connectivity index (χ0) is 25.5. The van der Waals surface area contributed by atoms with E-state index in [4.69, 9.17) is 5.10 Å². The maximum Gasteiger partial charge on any atom is 0.244 e. The van der Waals surface area contributed by atoms with Gasteiger partial charge >= 0.3 is 0 Å². The average Bonchev–Trinajstić information content (AvgIpc) is 3.39. The van der Waals surface area contributed by atoms with E-state index in [1.165, 1.54) is 0 Å². The largest absolute Gasteiger partial charge is 0.344 e. The van der Waals surface area contributed by atoms with Crippen molar-refractivity contribution in [2.75, 3.05) is 39.8 Å². The number of aromatic nitrogens is 2. The lowest BCUT2D eigenvalue weighted by Gasteiger charge is -2.34. The molecule has 188 valence electrons. The van der Waals surface area contributed by atoms with Crippen LogP contribution < -0.4 is 5.32 Å². The van der Waals surface area contributed by atoms with Gasteiger partial charge in [0, 0.05) is 56.1 Å². The average molecular weight is 492 g/mol. The SMILES string of the molecule is CN1CCN(CC(NC(=O)/C=C/c2cn(-c3ccccc3)nc2-c2ccccc2)c2ccccc2)CC1. The summed E-state index contributed by atoms with van der Waals surface area (Å²) in [6.45, 7) is 4.89. The van der Waals surface area contributed by atoms with Crippen LogP contribution in [0.4, 0.5) is 0 Å². The number of benzene rings is 3. The first kappa shape index (κ1) is 24.7. The van der Waals surface area contributed by atoms with Crippen LogP contribution in [0.3, 0.4) is 0 Å². The minimum atomic E-state index is -0.116. The Hall–Kier alpha value is -4.00. The molecule has 1 saturated heterocycles. The molecule has 37 heavy (non-hydrogen) atoms. The zero-order valence-electron chi connectivity index (χ0n) is 21.2. The summed E-state index contributed by atoms with van der Waals surface area (Å²) in [4.78, 5) is 17.9. The molecule has 0 bridgehead atoms. The molecule has 1 unspecified atom stereocenters. The molecule has 0 radical (unpaired) electrons. The van der Waals surface area contributed by atoms with Crippen molar-refractivity contribution in [3.05, 3.63) is 114 Å². The topological polar surface area (TPSA) is 53.4 Å². The number of piperazine rings is 1. The molecule has 1 aromatic heterocycles. The Balaban J connectivity index is 1.36. The number of amides is 1. The van der Waals surface area contributed by atoms with E-state index in [2.05, 4.69) is 34.3 Å². The predicted molar refractivity (Wildman–Crippen MR) is 149 cm³/mol. The van der Waals surface area contributed by atoms with Gasteiger partial charge in [0.05, 0.1) is 17.4 Å². The number of carbonyl (C=O) groups excluding carboxylic acids is 1. The van der Waals surface area contributed by atoms with Crippen molar-refractivity contribution in [1.82, 2.24) is 24.9 Å². The first-order valence-corrected chi connectivity index (χ1v) is 12.8. The summed E-state index contributed by atoms with van der Waals surface area (Å²) in [7, 11) is 2.15. The minimum absolute atomic E-state index is 0.0811. The third-order valence-corrected chi connectivity index (χ3v) is 6.78. The highest BCUT2D eigenvalue weighted by atomic mass is 16.1. The fraction of sp³-hybridized carbons (Fsp3) is 0.226. The second-order valence-electron chi connectivity index (χ2n) is 9.49. The van der Waals surface area contributed by atoms with Gasteiger partial charge in [0.25, 0.3) is 0 Å². The highest BCUT2D eigenvalue weighted by Gasteiger charge is 2.21. The molecule has 1 aliphatic rings. The summed E-state index contributed by atoms with van der Waals surface area (Å²) in [5, 5.41) is 8.10. The van der Waals surface area contributed by atoms with Crippen molar-refractivity contribution in [2.24, 2.45) is 0 Å². The lowest BCUT2D eigenvalue weighted by Crippen LogP contribution is -2.47. The molecule has 0 saturated carbocycles. The number of hydrogen-bond acceptors (Lipinski definition) is 4. The van der Waals surface area contributed by atoms with Gasteiger partial charge in [-0.25, -0.2) is 4.68 Å². The van der Waals surface area contributed by atoms with Gasteiger partial charge in [0.1, 0.15) is 0 Å². The van der Waals surface area contributed by atoms with Gasteiger partial charge in [-0.15, -0.1) is 0 Å². The third kappa shape index (κ3) is 6.42. The molecular formula is C31H33N5O. The fourth-order valence-electron chi connectivity index (χ4n) is 4.64. The smallest absolute Gasteiger partial charge is 0.244 e. The zero-order valence-corrected chi connectivity index (χ0v) is 21.2. The Morgan fingerprint density at radius 1 is 0.892 bits per heavy atom. The molecule has 4 aromatic rings. The number of carbonyl (C=O) groups is 1. The first-order chi connectivity index (χ1) is 18.2. The number of para-hydroxylation sites is 1. The normalized spacial score (nSPS) is 15.6. The van der Waals surface area contributed by atoms with Crippen LogP contribution in [0.1, 0.15) is 17.2 Å². The van der Waals surface area contributed by atoms with Crippen LogP contribution in [0.5, 0.6) is 0 Å². The van der Waals surface area contributed by atoms with Crippen molar-refractivity contribution in [1.29, 1.82) is 0 Å². The Morgan fingerprint density at radius 3 is 2.19 bits per heavy atom. The maximum atomic E-state index is 13.2. The summed E-state index contributed by atoms with van der Waals surface area (Å²) in [6.07, 6.45) is 5.46. The Kier molecular flexibility index (Phi) is 7.89. The number of nitrogens with one attached hydrogen (secondary N) is 1. The van der Waals surface area contributed by atoms with Gasteiger partial charge in [0.15, 0.2) is 0 Å². The van der Waals surface area contributed by atoms with Crippen molar-refractivity contribution < 1.29 is 4.79 Å². The van der Waals surface area contributed by atoms with E-state index in [1.54, 1.807) is 6.08 Å². The van der Waals surface area contributed by atoms with Crippen LogP contribution in [-0.4, -0.2) is 65.3 Å². The van der Waals surface area contributed by atoms with E-state index < -0.39 is 0 Å². The molecule has 0 spiro atoms. The lowest BCUT2D eigenvalue weighted by molar-refractivity contribution is -0.117. The van der Waals surface area contributed by atoms with E-state index in [1.807, 2.05) is 95.8 Å². The molecule has 6 nitrogen and oxygen atoms in total. The van der Waals surface area contributed by atoms with Crippen molar-refractivity contribution >= 4 is 12.0 Å². The molecular weight excluding hydrogens is 458 g/mol. The van der Waals surface area contributed by atoms with Crippen LogP contribution in [0.2, 0.25) is 0 Å². The molecule has 1 aliphatic heterocycles. The molecule has 1 N–H and O–H groups in total. The van der Waals surface area contributed by atoms with Gasteiger partial charge in [0.2, 0.25) is 5.91 Å². The molecule has 1 amide bonds. The lowest BCUT2D eigenvalue weighted by atomic mass is 10.1. The van der Waals surface area contributed by atoms with Gasteiger partial charge in [-0.05, 0) is 30.8 Å². The molecule has 0 aliphatic carbocycles. The van der Waals surface area contributed by atoms with E-state index in [-0.39, 0.29) is 11.9 Å². The van der Waals surface area contributed by atoms with E-state index in [0.717, 1.165) is 60.8 Å². The highest BCUT2D eigenvalue weighted by Crippen LogP contribution is 2.25. The molecule has 1 fully saturated rings. The second kappa shape index (κ2) is 11.8. The minimum Gasteiger partial charge on any atom is -0.344 e. The fourth-order valence-corrected chi connectivity index (χ4v) is 4.64. The van der Waals surface area contributed by atoms with Crippen LogP contribution in [0.25, 0.3) is 23.0 Å². The Bertz CT molecular complexity index is 1310. The van der Waals surface area contributed by atoms with Gasteiger partial charge in [-0.2, -0.15) is 5.10 Å². The number of hydrogen-bond donors (Lipinski definition) is 1. The monoisotopic (exact) mass is 491 g/mol.